The van der Waals surface area contributed by atoms with Gasteiger partial charge in [0, 0.05) is 4.47 Å². The van der Waals surface area contributed by atoms with Crippen molar-refractivity contribution in [3.8, 4) is 0 Å². The number of halogens is 1. The molecule has 0 unspecified atom stereocenters. The minimum absolute atomic E-state index is 0.184. The SMILES string of the molecule is Cc1ccc(Br)c(NC(=O)[C@@H](C)N)c1. The van der Waals surface area contributed by atoms with E-state index in [-0.39, 0.29) is 5.91 Å². The van der Waals surface area contributed by atoms with Gasteiger partial charge in [-0.15, -0.1) is 0 Å². The van der Waals surface area contributed by atoms with Crippen LogP contribution in [0.2, 0.25) is 0 Å². The molecule has 0 aliphatic rings. The summed E-state index contributed by atoms with van der Waals surface area (Å²) in [4.78, 5) is 11.3. The van der Waals surface area contributed by atoms with Crippen LogP contribution in [-0.4, -0.2) is 11.9 Å². The Labute approximate surface area is 91.8 Å². The van der Waals surface area contributed by atoms with E-state index in [0.717, 1.165) is 15.7 Å². The van der Waals surface area contributed by atoms with Crippen LogP contribution in [0.5, 0.6) is 0 Å². The van der Waals surface area contributed by atoms with E-state index in [1.165, 1.54) is 0 Å². The second-order valence-electron chi connectivity index (χ2n) is 3.26. The van der Waals surface area contributed by atoms with E-state index in [2.05, 4.69) is 21.2 Å². The zero-order valence-corrected chi connectivity index (χ0v) is 9.76. The van der Waals surface area contributed by atoms with Gasteiger partial charge in [-0.1, -0.05) is 6.07 Å². The number of nitrogens with one attached hydrogen (secondary N) is 1. The van der Waals surface area contributed by atoms with Gasteiger partial charge in [-0.25, -0.2) is 0 Å². The fourth-order valence-corrected chi connectivity index (χ4v) is 1.33. The maximum Gasteiger partial charge on any atom is 0.241 e. The molecule has 0 spiro atoms. The van der Waals surface area contributed by atoms with Crippen LogP contribution < -0.4 is 11.1 Å². The van der Waals surface area contributed by atoms with E-state index >= 15 is 0 Å². The molecule has 3 nitrogen and oxygen atoms in total. The first-order valence-corrected chi connectivity index (χ1v) is 5.12. The zero-order chi connectivity index (χ0) is 10.7. The lowest BCUT2D eigenvalue weighted by Gasteiger charge is -2.10. The molecule has 4 heteroatoms. The highest BCUT2D eigenvalue weighted by Crippen LogP contribution is 2.23. The van der Waals surface area contributed by atoms with Crippen LogP contribution in [0.3, 0.4) is 0 Å². The summed E-state index contributed by atoms with van der Waals surface area (Å²) in [7, 11) is 0. The van der Waals surface area contributed by atoms with Gasteiger partial charge < -0.3 is 11.1 Å². The smallest absolute Gasteiger partial charge is 0.241 e. The highest BCUT2D eigenvalue weighted by molar-refractivity contribution is 9.10. The van der Waals surface area contributed by atoms with Crippen molar-refractivity contribution >= 4 is 27.5 Å². The summed E-state index contributed by atoms with van der Waals surface area (Å²) in [6.07, 6.45) is 0. The first kappa shape index (κ1) is 11.2. The summed E-state index contributed by atoms with van der Waals surface area (Å²) < 4.78 is 0.858. The Morgan fingerprint density at radius 1 is 1.57 bits per heavy atom. The molecule has 0 fully saturated rings. The maximum absolute atomic E-state index is 11.3. The quantitative estimate of drug-likeness (QED) is 0.851. The van der Waals surface area contributed by atoms with Crippen molar-refractivity contribution < 1.29 is 4.79 Å². The minimum atomic E-state index is -0.498. The van der Waals surface area contributed by atoms with Gasteiger partial charge in [0.2, 0.25) is 5.91 Å². The van der Waals surface area contributed by atoms with Crippen molar-refractivity contribution in [1.82, 2.24) is 0 Å². The molecule has 3 N–H and O–H groups in total. The minimum Gasteiger partial charge on any atom is -0.324 e. The molecule has 0 bridgehead atoms. The molecule has 0 heterocycles. The predicted molar refractivity (Wildman–Crippen MR) is 61.2 cm³/mol. The van der Waals surface area contributed by atoms with Gasteiger partial charge in [-0.05, 0) is 47.5 Å². The van der Waals surface area contributed by atoms with Crippen molar-refractivity contribution in [3.63, 3.8) is 0 Å². The molecule has 0 aliphatic carbocycles. The molecule has 1 aromatic rings. The van der Waals surface area contributed by atoms with Gasteiger partial charge in [0.25, 0.3) is 0 Å². The molecular formula is C10H13BrN2O. The van der Waals surface area contributed by atoms with Crippen LogP contribution in [0.1, 0.15) is 12.5 Å². The van der Waals surface area contributed by atoms with Crippen molar-refractivity contribution in [3.05, 3.63) is 28.2 Å². The molecule has 1 atom stereocenters. The van der Waals surface area contributed by atoms with Crippen molar-refractivity contribution in [2.24, 2.45) is 5.73 Å². The fraction of sp³-hybridized carbons (Fsp3) is 0.300. The monoisotopic (exact) mass is 256 g/mol. The number of rotatable bonds is 2. The van der Waals surface area contributed by atoms with Crippen LogP contribution in [0.15, 0.2) is 22.7 Å². The second kappa shape index (κ2) is 4.57. The van der Waals surface area contributed by atoms with Crippen LogP contribution in [0, 0.1) is 6.92 Å². The predicted octanol–water partition coefficient (Wildman–Crippen LogP) is 2.04. The Kier molecular flexibility index (Phi) is 3.66. The van der Waals surface area contributed by atoms with E-state index in [0.29, 0.717) is 0 Å². The molecule has 0 radical (unpaired) electrons. The topological polar surface area (TPSA) is 55.1 Å². The standard InChI is InChI=1S/C10H13BrN2O/c1-6-3-4-8(11)9(5-6)13-10(14)7(2)12/h3-5,7H,12H2,1-2H3,(H,13,14)/t7-/m1/s1. The number of carbonyl (C=O) groups excluding carboxylic acids is 1. The Morgan fingerprint density at radius 3 is 2.79 bits per heavy atom. The van der Waals surface area contributed by atoms with Gasteiger partial charge >= 0.3 is 0 Å². The molecule has 14 heavy (non-hydrogen) atoms. The molecule has 76 valence electrons. The summed E-state index contributed by atoms with van der Waals surface area (Å²) in [6, 6.07) is 5.25. The molecule has 0 saturated carbocycles. The number of benzene rings is 1. The van der Waals surface area contributed by atoms with Crippen LogP contribution >= 0.6 is 15.9 Å². The number of aryl methyl sites for hydroxylation is 1. The third-order valence-electron chi connectivity index (χ3n) is 1.79. The molecule has 1 amide bonds. The molecule has 0 saturated heterocycles. The van der Waals surface area contributed by atoms with Crippen molar-refractivity contribution in [1.29, 1.82) is 0 Å². The molecular weight excluding hydrogens is 244 g/mol. The van der Waals surface area contributed by atoms with Crippen molar-refractivity contribution in [2.45, 2.75) is 19.9 Å². The average molecular weight is 257 g/mol. The Morgan fingerprint density at radius 2 is 2.21 bits per heavy atom. The lowest BCUT2D eigenvalue weighted by molar-refractivity contribution is -0.117. The van der Waals surface area contributed by atoms with E-state index in [1.807, 2.05) is 25.1 Å². The van der Waals surface area contributed by atoms with E-state index in [9.17, 15) is 4.79 Å². The van der Waals surface area contributed by atoms with Crippen molar-refractivity contribution in [2.75, 3.05) is 5.32 Å². The second-order valence-corrected chi connectivity index (χ2v) is 4.12. The summed E-state index contributed by atoms with van der Waals surface area (Å²) in [6.45, 7) is 3.62. The molecule has 0 aliphatic heterocycles. The first-order valence-electron chi connectivity index (χ1n) is 4.33. The van der Waals surface area contributed by atoms with E-state index in [4.69, 9.17) is 5.73 Å². The third kappa shape index (κ3) is 2.82. The van der Waals surface area contributed by atoms with Crippen LogP contribution in [-0.2, 0) is 4.79 Å². The number of hydrogen-bond donors (Lipinski definition) is 2. The number of anilines is 1. The summed E-state index contributed by atoms with van der Waals surface area (Å²) in [5.74, 6) is -0.184. The lowest BCUT2D eigenvalue weighted by Crippen LogP contribution is -2.32. The van der Waals surface area contributed by atoms with Crippen LogP contribution in [0.4, 0.5) is 5.69 Å². The Balaban J connectivity index is 2.86. The lowest BCUT2D eigenvalue weighted by atomic mass is 10.2. The maximum atomic E-state index is 11.3. The fourth-order valence-electron chi connectivity index (χ4n) is 0.981. The number of nitrogens with two attached hydrogens (primary N) is 1. The summed E-state index contributed by atoms with van der Waals surface area (Å²) in [5.41, 5.74) is 7.29. The van der Waals surface area contributed by atoms with Gasteiger partial charge in [-0.3, -0.25) is 4.79 Å². The van der Waals surface area contributed by atoms with Gasteiger partial charge in [-0.2, -0.15) is 0 Å². The summed E-state index contributed by atoms with van der Waals surface area (Å²) >= 11 is 3.35. The van der Waals surface area contributed by atoms with Gasteiger partial charge in [0.15, 0.2) is 0 Å². The molecule has 1 aromatic carbocycles. The summed E-state index contributed by atoms with van der Waals surface area (Å²) in [5, 5.41) is 2.74. The number of amides is 1. The first-order chi connectivity index (χ1) is 6.50. The van der Waals surface area contributed by atoms with Crippen LogP contribution in [0.25, 0.3) is 0 Å². The Hall–Kier alpha value is -0.870. The third-order valence-corrected chi connectivity index (χ3v) is 2.48. The largest absolute Gasteiger partial charge is 0.324 e. The van der Waals surface area contributed by atoms with Gasteiger partial charge in [0.05, 0.1) is 11.7 Å². The van der Waals surface area contributed by atoms with E-state index in [1.54, 1.807) is 6.92 Å². The normalized spacial score (nSPS) is 12.3. The molecule has 1 rings (SSSR count). The zero-order valence-electron chi connectivity index (χ0n) is 8.17. The number of carbonyl (C=O) groups is 1. The molecule has 0 aromatic heterocycles. The Bertz CT molecular complexity index is 350. The highest BCUT2D eigenvalue weighted by atomic mass is 79.9. The highest BCUT2D eigenvalue weighted by Gasteiger charge is 2.09. The average Bonchev–Trinajstić information content (AvgIpc) is 2.11. The number of hydrogen-bond acceptors (Lipinski definition) is 2. The van der Waals surface area contributed by atoms with E-state index < -0.39 is 6.04 Å². The van der Waals surface area contributed by atoms with Gasteiger partial charge in [0.1, 0.15) is 0 Å².